The lowest BCUT2D eigenvalue weighted by atomic mass is 10.2. The van der Waals surface area contributed by atoms with E-state index in [4.69, 9.17) is 10.5 Å². The third kappa shape index (κ3) is 1.02. The van der Waals surface area contributed by atoms with Gasteiger partial charge in [-0.1, -0.05) is 18.2 Å². The number of hydrogen-bond donors (Lipinski definition) is 0. The van der Waals surface area contributed by atoms with Crippen LogP contribution >= 0.6 is 0 Å². The fourth-order valence-electron chi connectivity index (χ4n) is 1.33. The topological polar surface area (TPSA) is 50.6 Å². The molecular weight excluding hydrogens is 162 g/mol. The molecule has 2 rings (SSSR count). The van der Waals surface area contributed by atoms with E-state index in [0.29, 0.717) is 6.54 Å². The van der Waals surface area contributed by atoms with E-state index in [1.165, 1.54) is 0 Å². The molecule has 0 bridgehead atoms. The first kappa shape index (κ1) is 7.64. The van der Waals surface area contributed by atoms with Crippen LogP contribution in [0.2, 0.25) is 0 Å². The van der Waals surface area contributed by atoms with Crippen molar-refractivity contribution in [1.29, 1.82) is 10.5 Å². The Morgan fingerprint density at radius 1 is 1.15 bits per heavy atom. The summed E-state index contributed by atoms with van der Waals surface area (Å²) in [5.74, 6) is 0. The number of para-hydroxylation sites is 1. The van der Waals surface area contributed by atoms with Crippen LogP contribution in [0.5, 0.6) is 0 Å². The molecule has 1 aliphatic rings. The molecule has 13 heavy (non-hydrogen) atoms. The van der Waals surface area contributed by atoms with Crippen molar-refractivity contribution in [3.8, 4) is 12.1 Å². The molecule has 3 heteroatoms. The maximum absolute atomic E-state index is 8.77. The lowest BCUT2D eigenvalue weighted by Gasteiger charge is -2.03. The fraction of sp³-hybridized carbons (Fsp3) is 0.200. The van der Waals surface area contributed by atoms with Crippen LogP contribution in [0.4, 0.5) is 5.69 Å². The van der Waals surface area contributed by atoms with Crippen molar-refractivity contribution in [3.63, 3.8) is 0 Å². The number of nitrogens with zero attached hydrogens (tertiary/aromatic N) is 3. The average Bonchev–Trinajstić information content (AvgIpc) is 2.95. The minimum atomic E-state index is -0.901. The summed E-state index contributed by atoms with van der Waals surface area (Å²) in [5, 5.41) is 17.5. The second kappa shape index (κ2) is 2.50. The third-order valence-electron chi connectivity index (χ3n) is 2.18. The minimum Gasteiger partial charge on any atom is -0.336 e. The standard InChI is InChI=1S/C10H7N3/c11-6-10(7-12)8-13(10)9-4-2-1-3-5-9/h1-5H,8H2. The summed E-state index contributed by atoms with van der Waals surface area (Å²) in [7, 11) is 0. The van der Waals surface area contributed by atoms with Crippen molar-refractivity contribution in [1.82, 2.24) is 0 Å². The first-order chi connectivity index (χ1) is 6.32. The Kier molecular flexibility index (Phi) is 1.47. The van der Waals surface area contributed by atoms with Crippen molar-refractivity contribution in [3.05, 3.63) is 30.3 Å². The molecule has 1 saturated heterocycles. The van der Waals surface area contributed by atoms with Crippen LogP contribution in [0.1, 0.15) is 0 Å². The predicted molar refractivity (Wildman–Crippen MR) is 47.7 cm³/mol. The SMILES string of the molecule is N#CC1(C#N)CN1c1ccccc1. The van der Waals surface area contributed by atoms with Gasteiger partial charge in [0.25, 0.3) is 0 Å². The largest absolute Gasteiger partial charge is 0.336 e. The van der Waals surface area contributed by atoms with Crippen LogP contribution < -0.4 is 4.90 Å². The number of nitriles is 2. The van der Waals surface area contributed by atoms with Gasteiger partial charge in [-0.3, -0.25) is 0 Å². The van der Waals surface area contributed by atoms with Crippen LogP contribution in [0.3, 0.4) is 0 Å². The van der Waals surface area contributed by atoms with E-state index < -0.39 is 5.54 Å². The summed E-state index contributed by atoms with van der Waals surface area (Å²) < 4.78 is 0. The van der Waals surface area contributed by atoms with Gasteiger partial charge in [0.05, 0.1) is 6.54 Å². The summed E-state index contributed by atoms with van der Waals surface area (Å²) in [4.78, 5) is 1.78. The molecule has 62 valence electrons. The minimum absolute atomic E-state index is 0.518. The van der Waals surface area contributed by atoms with Gasteiger partial charge in [-0.25, -0.2) is 0 Å². The monoisotopic (exact) mass is 169 g/mol. The van der Waals surface area contributed by atoms with Gasteiger partial charge in [0.15, 0.2) is 0 Å². The Morgan fingerprint density at radius 2 is 1.77 bits per heavy atom. The second-order valence-corrected chi connectivity index (χ2v) is 3.01. The fourth-order valence-corrected chi connectivity index (χ4v) is 1.33. The number of hydrogen-bond acceptors (Lipinski definition) is 3. The Hall–Kier alpha value is -2.00. The van der Waals surface area contributed by atoms with Crippen molar-refractivity contribution in [2.24, 2.45) is 0 Å². The Bertz CT molecular complexity index is 382. The number of anilines is 1. The van der Waals surface area contributed by atoms with Gasteiger partial charge in [-0.05, 0) is 12.1 Å². The zero-order chi connectivity index (χ0) is 9.31. The van der Waals surface area contributed by atoms with Crippen molar-refractivity contribution >= 4 is 5.69 Å². The first-order valence-corrected chi connectivity index (χ1v) is 3.97. The van der Waals surface area contributed by atoms with Crippen LogP contribution in [-0.4, -0.2) is 12.1 Å². The second-order valence-electron chi connectivity index (χ2n) is 3.01. The van der Waals surface area contributed by atoms with Gasteiger partial charge in [0.2, 0.25) is 5.54 Å². The molecule has 1 aromatic rings. The molecule has 0 saturated carbocycles. The molecule has 0 radical (unpaired) electrons. The van der Waals surface area contributed by atoms with Gasteiger partial charge in [-0.15, -0.1) is 0 Å². The van der Waals surface area contributed by atoms with Gasteiger partial charge >= 0.3 is 0 Å². The smallest absolute Gasteiger partial charge is 0.232 e. The van der Waals surface area contributed by atoms with E-state index in [1.54, 1.807) is 4.90 Å². The summed E-state index contributed by atoms with van der Waals surface area (Å²) in [6.45, 7) is 0.518. The number of benzene rings is 1. The van der Waals surface area contributed by atoms with E-state index in [0.717, 1.165) is 5.69 Å². The Balaban J connectivity index is 2.27. The van der Waals surface area contributed by atoms with E-state index in [2.05, 4.69) is 0 Å². The van der Waals surface area contributed by atoms with Gasteiger partial charge in [0.1, 0.15) is 12.1 Å². The lowest BCUT2D eigenvalue weighted by molar-refractivity contribution is 1.06. The van der Waals surface area contributed by atoms with Crippen LogP contribution in [0, 0.1) is 22.7 Å². The molecule has 0 unspecified atom stereocenters. The van der Waals surface area contributed by atoms with Crippen molar-refractivity contribution in [2.45, 2.75) is 5.54 Å². The molecule has 0 aromatic heterocycles. The first-order valence-electron chi connectivity index (χ1n) is 3.97. The van der Waals surface area contributed by atoms with E-state index in [-0.39, 0.29) is 0 Å². The van der Waals surface area contributed by atoms with Gasteiger partial charge in [-0.2, -0.15) is 10.5 Å². The molecule has 0 N–H and O–H groups in total. The highest BCUT2D eigenvalue weighted by atomic mass is 15.4. The molecule has 1 aromatic carbocycles. The highest BCUT2D eigenvalue weighted by Gasteiger charge is 2.53. The van der Waals surface area contributed by atoms with E-state index >= 15 is 0 Å². The molecule has 1 aliphatic heterocycles. The molecule has 1 fully saturated rings. The molecular formula is C10H7N3. The summed E-state index contributed by atoms with van der Waals surface area (Å²) in [6.07, 6.45) is 0. The summed E-state index contributed by atoms with van der Waals surface area (Å²) >= 11 is 0. The van der Waals surface area contributed by atoms with Gasteiger partial charge in [0, 0.05) is 5.69 Å². The molecule has 3 nitrogen and oxygen atoms in total. The van der Waals surface area contributed by atoms with Gasteiger partial charge < -0.3 is 4.90 Å². The third-order valence-corrected chi connectivity index (χ3v) is 2.18. The Labute approximate surface area is 76.4 Å². The zero-order valence-electron chi connectivity index (χ0n) is 6.94. The van der Waals surface area contributed by atoms with Crippen LogP contribution in [0.25, 0.3) is 0 Å². The average molecular weight is 169 g/mol. The molecule has 0 atom stereocenters. The zero-order valence-corrected chi connectivity index (χ0v) is 6.94. The highest BCUT2D eigenvalue weighted by Crippen LogP contribution is 2.36. The Morgan fingerprint density at radius 3 is 2.23 bits per heavy atom. The normalized spacial score (nSPS) is 17.2. The lowest BCUT2D eigenvalue weighted by Crippen LogP contribution is -2.12. The molecule has 0 spiro atoms. The van der Waals surface area contributed by atoms with Crippen molar-refractivity contribution in [2.75, 3.05) is 11.4 Å². The number of rotatable bonds is 1. The van der Waals surface area contributed by atoms with E-state index in [9.17, 15) is 0 Å². The van der Waals surface area contributed by atoms with E-state index in [1.807, 2.05) is 42.5 Å². The van der Waals surface area contributed by atoms with Crippen molar-refractivity contribution < 1.29 is 0 Å². The quantitative estimate of drug-likeness (QED) is 0.595. The van der Waals surface area contributed by atoms with Crippen LogP contribution in [-0.2, 0) is 0 Å². The summed E-state index contributed by atoms with van der Waals surface area (Å²) in [5.41, 5.74) is 0.0343. The maximum Gasteiger partial charge on any atom is 0.232 e. The molecule has 1 heterocycles. The predicted octanol–water partition coefficient (Wildman–Crippen LogP) is 1.29. The molecule has 0 aliphatic carbocycles. The maximum atomic E-state index is 8.77. The molecule has 0 amide bonds. The van der Waals surface area contributed by atoms with Crippen LogP contribution in [0.15, 0.2) is 30.3 Å². The summed E-state index contributed by atoms with van der Waals surface area (Å²) in [6, 6.07) is 13.5. The highest BCUT2D eigenvalue weighted by molar-refractivity contribution is 5.65.